The molecule has 0 atom stereocenters. The average Bonchev–Trinajstić information content (AvgIpc) is 2.99. The van der Waals surface area contributed by atoms with Crippen LogP contribution in [0, 0.1) is 0 Å². The fourth-order valence-corrected chi connectivity index (χ4v) is 3.42. The van der Waals surface area contributed by atoms with Crippen LogP contribution in [0.3, 0.4) is 0 Å². The summed E-state index contributed by atoms with van der Waals surface area (Å²) in [6, 6.07) is 8.31. The summed E-state index contributed by atoms with van der Waals surface area (Å²) < 4.78 is 1.74. The highest BCUT2D eigenvalue weighted by molar-refractivity contribution is 7.20. The number of aromatic carboxylic acids is 1. The Balaban J connectivity index is 2.12. The number of hydrogen-bond acceptors (Lipinski definition) is 5. The summed E-state index contributed by atoms with van der Waals surface area (Å²) in [7, 11) is 0. The molecule has 2 heterocycles. The number of aryl methyl sites for hydroxylation is 1. The Morgan fingerprint density at radius 3 is 2.79 bits per heavy atom. The molecule has 2 N–H and O–H groups in total. The van der Waals surface area contributed by atoms with Crippen molar-refractivity contribution in [2.45, 2.75) is 13.5 Å². The zero-order chi connectivity index (χ0) is 17.3. The van der Waals surface area contributed by atoms with E-state index in [-0.39, 0.29) is 11.3 Å². The number of fused-ring (bicyclic) bond motifs is 1. The number of hydrogen-bond donors (Lipinski definition) is 2. The van der Waals surface area contributed by atoms with Gasteiger partial charge in [-0.2, -0.15) is 0 Å². The van der Waals surface area contributed by atoms with Crippen LogP contribution >= 0.6 is 11.3 Å². The zero-order valence-electron chi connectivity index (χ0n) is 12.8. The van der Waals surface area contributed by atoms with Crippen LogP contribution in [0.2, 0.25) is 0 Å². The lowest BCUT2D eigenvalue weighted by molar-refractivity contribution is 0.0695. The number of phenols is 1. The van der Waals surface area contributed by atoms with Crippen LogP contribution in [0.1, 0.15) is 22.2 Å². The smallest absolute Gasteiger partial charge is 0.341 e. The van der Waals surface area contributed by atoms with E-state index in [1.165, 1.54) is 23.6 Å². The van der Waals surface area contributed by atoms with Crippen LogP contribution < -0.4 is 5.43 Å². The van der Waals surface area contributed by atoms with Crippen LogP contribution in [-0.4, -0.2) is 27.0 Å². The van der Waals surface area contributed by atoms with Crippen molar-refractivity contribution in [2.75, 3.05) is 0 Å². The molecule has 1 aromatic carbocycles. The number of rotatable bonds is 4. The Hall–Kier alpha value is -2.93. The molecule has 0 aliphatic carbocycles. The van der Waals surface area contributed by atoms with Gasteiger partial charge in [0.25, 0.3) is 0 Å². The Kier molecular flexibility index (Phi) is 4.18. The first kappa shape index (κ1) is 15.9. The van der Waals surface area contributed by atoms with Crippen molar-refractivity contribution in [3.63, 3.8) is 0 Å². The number of para-hydroxylation sites is 2. The van der Waals surface area contributed by atoms with Crippen molar-refractivity contribution in [3.05, 3.63) is 57.2 Å². The number of benzene rings is 1. The maximum absolute atomic E-state index is 12.3. The lowest BCUT2D eigenvalue weighted by atomic mass is 10.2. The molecular formula is C17H14N2O4S. The Labute approximate surface area is 141 Å². The summed E-state index contributed by atoms with van der Waals surface area (Å²) in [5, 5.41) is 19.3. The molecule has 0 bridgehead atoms. The van der Waals surface area contributed by atoms with Gasteiger partial charge >= 0.3 is 5.97 Å². The fourth-order valence-electron chi connectivity index (χ4n) is 2.35. The van der Waals surface area contributed by atoms with Gasteiger partial charge < -0.3 is 14.8 Å². The molecule has 0 amide bonds. The molecule has 0 saturated carbocycles. The highest BCUT2D eigenvalue weighted by atomic mass is 32.1. The van der Waals surface area contributed by atoms with Gasteiger partial charge in [0.2, 0.25) is 5.43 Å². The van der Waals surface area contributed by atoms with Crippen LogP contribution in [0.15, 0.2) is 46.3 Å². The summed E-state index contributed by atoms with van der Waals surface area (Å²) in [4.78, 5) is 29.2. The van der Waals surface area contributed by atoms with Crippen molar-refractivity contribution in [1.29, 1.82) is 0 Å². The Morgan fingerprint density at radius 2 is 2.12 bits per heavy atom. The molecule has 3 rings (SSSR count). The molecule has 0 fully saturated rings. The standard InChI is InChI=1S/C17H14N2O4S/c1-2-19-9-12(17(22)23)15(21)11-7-10(24-16(11)19)8-18-13-5-3-4-6-14(13)20/h3-9,20H,2H2,1H3,(H,22,23). The summed E-state index contributed by atoms with van der Waals surface area (Å²) >= 11 is 1.35. The molecular weight excluding hydrogens is 328 g/mol. The van der Waals surface area contributed by atoms with Crippen LogP contribution in [0.25, 0.3) is 10.2 Å². The SMILES string of the molecule is CCn1cc(C(=O)O)c(=O)c2cc(C=Nc3ccccc3O)sc21. The van der Waals surface area contributed by atoms with Crippen LogP contribution in [0.5, 0.6) is 5.75 Å². The second-order valence-electron chi connectivity index (χ2n) is 5.08. The summed E-state index contributed by atoms with van der Waals surface area (Å²) in [5.74, 6) is -1.17. The van der Waals surface area contributed by atoms with E-state index in [0.717, 1.165) is 0 Å². The molecule has 0 spiro atoms. The molecule has 2 aromatic heterocycles. The predicted molar refractivity (Wildman–Crippen MR) is 94.1 cm³/mol. The topological polar surface area (TPSA) is 91.9 Å². The van der Waals surface area contributed by atoms with Gasteiger partial charge in [0.1, 0.15) is 21.8 Å². The maximum atomic E-state index is 12.3. The van der Waals surface area contributed by atoms with Crippen molar-refractivity contribution in [3.8, 4) is 5.75 Å². The van der Waals surface area contributed by atoms with E-state index in [1.807, 2.05) is 6.92 Å². The van der Waals surface area contributed by atoms with E-state index < -0.39 is 11.4 Å². The molecule has 0 radical (unpaired) electrons. The fraction of sp³-hybridized carbons (Fsp3) is 0.118. The first-order chi connectivity index (χ1) is 11.5. The van der Waals surface area contributed by atoms with Crippen LogP contribution in [0.4, 0.5) is 5.69 Å². The largest absolute Gasteiger partial charge is 0.506 e. The highest BCUT2D eigenvalue weighted by Gasteiger charge is 2.16. The van der Waals surface area contributed by atoms with E-state index in [4.69, 9.17) is 0 Å². The number of aromatic hydroxyl groups is 1. The van der Waals surface area contributed by atoms with Gasteiger partial charge in [-0.3, -0.25) is 9.79 Å². The third kappa shape index (κ3) is 2.81. The number of phenolic OH excluding ortho intramolecular Hbond substituents is 1. The predicted octanol–water partition coefficient (Wildman–Crippen LogP) is 3.24. The molecule has 7 heteroatoms. The lowest BCUT2D eigenvalue weighted by Crippen LogP contribution is -2.17. The molecule has 122 valence electrons. The molecule has 24 heavy (non-hydrogen) atoms. The van der Waals surface area contributed by atoms with Crippen molar-refractivity contribution >= 4 is 39.4 Å². The number of aromatic nitrogens is 1. The molecule has 6 nitrogen and oxygen atoms in total. The van der Waals surface area contributed by atoms with E-state index in [0.29, 0.717) is 27.3 Å². The summed E-state index contributed by atoms with van der Waals surface area (Å²) in [5.41, 5.74) is -0.320. The van der Waals surface area contributed by atoms with E-state index in [2.05, 4.69) is 4.99 Å². The quantitative estimate of drug-likeness (QED) is 0.712. The van der Waals surface area contributed by atoms with Gasteiger partial charge in [0.05, 0.1) is 5.39 Å². The maximum Gasteiger partial charge on any atom is 0.341 e. The van der Waals surface area contributed by atoms with Crippen molar-refractivity contribution < 1.29 is 15.0 Å². The number of carboxylic acid groups (broad SMARTS) is 1. The molecule has 3 aromatic rings. The summed E-state index contributed by atoms with van der Waals surface area (Å²) in [6.07, 6.45) is 2.92. The van der Waals surface area contributed by atoms with E-state index >= 15 is 0 Å². The van der Waals surface area contributed by atoms with Gasteiger partial charge in [-0.05, 0) is 25.1 Å². The third-order valence-corrected chi connectivity index (χ3v) is 4.66. The molecule has 0 saturated heterocycles. The van der Waals surface area contributed by atoms with Gasteiger partial charge in [0.15, 0.2) is 0 Å². The minimum absolute atomic E-state index is 0.0659. The zero-order valence-corrected chi connectivity index (χ0v) is 13.6. The van der Waals surface area contributed by atoms with Gasteiger partial charge in [-0.15, -0.1) is 11.3 Å². The Bertz CT molecular complexity index is 1020. The molecule has 0 aliphatic heterocycles. The van der Waals surface area contributed by atoms with Gasteiger partial charge in [-0.25, -0.2) is 4.79 Å². The third-order valence-electron chi connectivity index (χ3n) is 3.55. The summed E-state index contributed by atoms with van der Waals surface area (Å²) in [6.45, 7) is 2.43. The number of carboxylic acids is 1. The normalized spacial score (nSPS) is 11.4. The highest BCUT2D eigenvalue weighted by Crippen LogP contribution is 2.27. The number of thiophene rings is 1. The molecule has 0 unspecified atom stereocenters. The van der Waals surface area contributed by atoms with E-state index in [1.54, 1.807) is 35.0 Å². The number of pyridine rings is 1. The number of carbonyl (C=O) groups is 1. The monoisotopic (exact) mass is 342 g/mol. The number of aliphatic imine (C=N–C) groups is 1. The first-order valence-corrected chi connectivity index (χ1v) is 8.05. The van der Waals surface area contributed by atoms with Gasteiger partial charge in [-0.1, -0.05) is 12.1 Å². The van der Waals surface area contributed by atoms with E-state index in [9.17, 15) is 19.8 Å². The number of nitrogens with zero attached hydrogens (tertiary/aromatic N) is 2. The molecule has 0 aliphatic rings. The first-order valence-electron chi connectivity index (χ1n) is 7.23. The second kappa shape index (κ2) is 6.29. The van der Waals surface area contributed by atoms with Crippen molar-refractivity contribution in [1.82, 2.24) is 4.57 Å². The second-order valence-corrected chi connectivity index (χ2v) is 6.14. The lowest BCUT2D eigenvalue weighted by Gasteiger charge is -2.05. The minimum Gasteiger partial charge on any atom is -0.506 e. The van der Waals surface area contributed by atoms with Crippen molar-refractivity contribution in [2.24, 2.45) is 4.99 Å². The minimum atomic E-state index is -1.24. The van der Waals surface area contributed by atoms with Gasteiger partial charge in [0, 0.05) is 23.8 Å². The van der Waals surface area contributed by atoms with Crippen LogP contribution in [-0.2, 0) is 6.54 Å². The Morgan fingerprint density at radius 1 is 1.38 bits per heavy atom. The average molecular weight is 342 g/mol.